The van der Waals surface area contributed by atoms with Crippen molar-refractivity contribution in [3.8, 4) is 0 Å². The van der Waals surface area contributed by atoms with Crippen LogP contribution in [0, 0.1) is 5.92 Å². The third-order valence-corrected chi connectivity index (χ3v) is 6.88. The number of rotatable bonds is 7. The highest BCUT2D eigenvalue weighted by molar-refractivity contribution is 7.98. The predicted octanol–water partition coefficient (Wildman–Crippen LogP) is 3.26. The number of thioether (sulfide) groups is 1. The number of nitrogens with zero attached hydrogens (tertiary/aromatic N) is 1. The Morgan fingerprint density at radius 1 is 1.36 bits per heavy atom. The van der Waals surface area contributed by atoms with Crippen molar-refractivity contribution >= 4 is 39.2 Å². The van der Waals surface area contributed by atoms with E-state index in [0.29, 0.717) is 23.9 Å². The van der Waals surface area contributed by atoms with E-state index in [2.05, 4.69) is 29.1 Å². The molecule has 25 heavy (non-hydrogen) atoms. The minimum absolute atomic E-state index is 0.0106. The monoisotopic (exact) mass is 379 g/mol. The highest BCUT2D eigenvalue weighted by Gasteiger charge is 2.21. The Morgan fingerprint density at radius 3 is 2.92 bits per heavy atom. The maximum atomic E-state index is 12.4. The van der Waals surface area contributed by atoms with Crippen molar-refractivity contribution in [2.75, 3.05) is 5.75 Å². The molecule has 2 heterocycles. The van der Waals surface area contributed by atoms with Gasteiger partial charge in [0.25, 0.3) is 5.56 Å². The first-order chi connectivity index (χ1) is 12.0. The number of aryl methyl sites for hydroxylation is 2. The van der Waals surface area contributed by atoms with Gasteiger partial charge in [-0.05, 0) is 37.7 Å². The van der Waals surface area contributed by atoms with E-state index in [1.54, 1.807) is 23.1 Å². The molecular weight excluding hydrogens is 354 g/mol. The number of aromatic amines is 1. The van der Waals surface area contributed by atoms with Gasteiger partial charge in [-0.3, -0.25) is 9.59 Å². The van der Waals surface area contributed by atoms with Gasteiger partial charge in [0, 0.05) is 23.1 Å². The van der Waals surface area contributed by atoms with Crippen LogP contribution in [-0.4, -0.2) is 27.7 Å². The summed E-state index contributed by atoms with van der Waals surface area (Å²) < 4.78 is 0. The van der Waals surface area contributed by atoms with Crippen molar-refractivity contribution in [3.63, 3.8) is 0 Å². The van der Waals surface area contributed by atoms with Gasteiger partial charge in [0.15, 0.2) is 0 Å². The standard InChI is InChI=1S/C18H25N3O2S2/c1-10(2)11(3)19-15(22)7-8-24-9-14-20-17(23)16-12-5-4-6-13(12)25-18(16)21-14/h10-11H,4-9H2,1-3H3,(H,19,22)(H,20,21,23). The van der Waals surface area contributed by atoms with E-state index in [-0.39, 0.29) is 17.5 Å². The largest absolute Gasteiger partial charge is 0.353 e. The minimum atomic E-state index is -0.0106. The van der Waals surface area contributed by atoms with Crippen molar-refractivity contribution in [2.45, 2.75) is 58.2 Å². The van der Waals surface area contributed by atoms with Gasteiger partial charge < -0.3 is 10.3 Å². The number of carbonyl (C=O) groups is 1. The van der Waals surface area contributed by atoms with Crippen LogP contribution >= 0.6 is 23.1 Å². The zero-order valence-electron chi connectivity index (χ0n) is 15.0. The number of hydrogen-bond donors (Lipinski definition) is 2. The first-order valence-corrected chi connectivity index (χ1v) is 10.8. The Hall–Kier alpha value is -1.34. The van der Waals surface area contributed by atoms with Gasteiger partial charge in [-0.25, -0.2) is 4.98 Å². The lowest BCUT2D eigenvalue weighted by molar-refractivity contribution is -0.121. The van der Waals surface area contributed by atoms with Crippen LogP contribution in [0.4, 0.5) is 0 Å². The number of carbonyl (C=O) groups excluding carboxylic acids is 1. The van der Waals surface area contributed by atoms with Crippen molar-refractivity contribution < 1.29 is 4.79 Å². The molecule has 3 rings (SSSR count). The summed E-state index contributed by atoms with van der Waals surface area (Å²) in [6.07, 6.45) is 3.70. The number of aromatic nitrogens is 2. The molecule has 136 valence electrons. The average molecular weight is 380 g/mol. The lowest BCUT2D eigenvalue weighted by Crippen LogP contribution is -2.36. The third-order valence-electron chi connectivity index (χ3n) is 4.73. The quantitative estimate of drug-likeness (QED) is 0.724. The van der Waals surface area contributed by atoms with Gasteiger partial charge in [-0.1, -0.05) is 13.8 Å². The van der Waals surface area contributed by atoms with Crippen LogP contribution in [0.2, 0.25) is 0 Å². The number of nitrogens with one attached hydrogen (secondary N) is 2. The van der Waals surface area contributed by atoms with Crippen LogP contribution in [0.5, 0.6) is 0 Å². The second-order valence-corrected chi connectivity index (χ2v) is 9.14. The van der Waals surface area contributed by atoms with Crippen molar-refractivity contribution in [2.24, 2.45) is 5.92 Å². The van der Waals surface area contributed by atoms with Gasteiger partial charge in [-0.15, -0.1) is 11.3 Å². The van der Waals surface area contributed by atoms with Crippen LogP contribution in [-0.2, 0) is 23.4 Å². The van der Waals surface area contributed by atoms with Gasteiger partial charge >= 0.3 is 0 Å². The Morgan fingerprint density at radius 2 is 2.16 bits per heavy atom. The van der Waals surface area contributed by atoms with Crippen molar-refractivity contribution in [1.82, 2.24) is 15.3 Å². The van der Waals surface area contributed by atoms with Gasteiger partial charge in [0.1, 0.15) is 10.7 Å². The van der Waals surface area contributed by atoms with Crippen LogP contribution in [0.25, 0.3) is 10.2 Å². The topological polar surface area (TPSA) is 74.8 Å². The van der Waals surface area contributed by atoms with Crippen LogP contribution in [0.1, 0.15) is 49.9 Å². The summed E-state index contributed by atoms with van der Waals surface area (Å²) in [6.45, 7) is 6.22. The smallest absolute Gasteiger partial charge is 0.259 e. The number of H-pyrrole nitrogens is 1. The molecule has 2 N–H and O–H groups in total. The fourth-order valence-corrected chi connectivity index (χ4v) is 5.03. The molecule has 0 radical (unpaired) electrons. The van der Waals surface area contributed by atoms with Crippen LogP contribution in [0.15, 0.2) is 4.79 Å². The van der Waals surface area contributed by atoms with Crippen LogP contribution in [0.3, 0.4) is 0 Å². The number of thiophene rings is 1. The molecule has 5 nitrogen and oxygen atoms in total. The lowest BCUT2D eigenvalue weighted by atomic mass is 10.1. The number of hydrogen-bond acceptors (Lipinski definition) is 5. The van der Waals surface area contributed by atoms with Gasteiger partial charge in [0.2, 0.25) is 5.91 Å². The molecule has 0 bridgehead atoms. The molecule has 0 aliphatic heterocycles. The Labute approximate surface area is 156 Å². The first-order valence-electron chi connectivity index (χ1n) is 8.86. The molecule has 2 aromatic heterocycles. The van der Waals surface area contributed by atoms with Crippen molar-refractivity contribution in [1.29, 1.82) is 0 Å². The fourth-order valence-electron chi connectivity index (χ4n) is 2.94. The summed E-state index contributed by atoms with van der Waals surface area (Å²) in [5.41, 5.74) is 1.20. The minimum Gasteiger partial charge on any atom is -0.353 e. The summed E-state index contributed by atoms with van der Waals surface area (Å²) in [5, 5.41) is 3.81. The first kappa shape index (κ1) is 18.5. The molecule has 0 saturated carbocycles. The third kappa shape index (κ3) is 4.26. The molecule has 2 aromatic rings. The second kappa shape index (κ2) is 7.91. The van der Waals surface area contributed by atoms with E-state index in [0.717, 1.165) is 35.2 Å². The normalized spacial score (nSPS) is 14.9. The summed E-state index contributed by atoms with van der Waals surface area (Å²) in [6, 6.07) is 0.193. The summed E-state index contributed by atoms with van der Waals surface area (Å²) >= 11 is 3.29. The molecule has 0 aromatic carbocycles. The zero-order chi connectivity index (χ0) is 18.0. The second-order valence-electron chi connectivity index (χ2n) is 6.95. The summed E-state index contributed by atoms with van der Waals surface area (Å²) in [7, 11) is 0. The fraction of sp³-hybridized carbons (Fsp3) is 0.611. The molecule has 1 aliphatic carbocycles. The van der Waals surface area contributed by atoms with E-state index < -0.39 is 0 Å². The summed E-state index contributed by atoms with van der Waals surface area (Å²) in [4.78, 5) is 34.0. The zero-order valence-corrected chi connectivity index (χ0v) is 16.6. The van der Waals surface area contributed by atoms with Crippen molar-refractivity contribution in [3.05, 3.63) is 26.6 Å². The number of amides is 1. The number of fused-ring (bicyclic) bond motifs is 3. The van der Waals surface area contributed by atoms with E-state index in [1.807, 2.05) is 6.92 Å². The van der Waals surface area contributed by atoms with E-state index in [9.17, 15) is 9.59 Å². The van der Waals surface area contributed by atoms with Gasteiger partial charge in [0.05, 0.1) is 11.1 Å². The molecule has 1 unspecified atom stereocenters. The van der Waals surface area contributed by atoms with Gasteiger partial charge in [-0.2, -0.15) is 11.8 Å². The highest BCUT2D eigenvalue weighted by Crippen LogP contribution is 2.34. The molecule has 1 amide bonds. The Balaban J connectivity index is 1.54. The molecule has 0 saturated heterocycles. The predicted molar refractivity (Wildman–Crippen MR) is 105 cm³/mol. The Bertz CT molecular complexity index is 826. The molecule has 1 aliphatic rings. The van der Waals surface area contributed by atoms with E-state index in [1.165, 1.54) is 10.4 Å². The molecule has 0 spiro atoms. The Kier molecular flexibility index (Phi) is 5.84. The van der Waals surface area contributed by atoms with E-state index in [4.69, 9.17) is 0 Å². The lowest BCUT2D eigenvalue weighted by Gasteiger charge is -2.17. The molecular formula is C18H25N3O2S2. The molecule has 7 heteroatoms. The summed E-state index contributed by atoms with van der Waals surface area (Å²) in [5.74, 6) is 2.57. The van der Waals surface area contributed by atoms with E-state index >= 15 is 0 Å². The highest BCUT2D eigenvalue weighted by atomic mass is 32.2. The van der Waals surface area contributed by atoms with Crippen LogP contribution < -0.4 is 10.9 Å². The molecule has 0 fully saturated rings. The molecule has 1 atom stereocenters. The maximum Gasteiger partial charge on any atom is 0.259 e. The maximum absolute atomic E-state index is 12.4. The SMILES string of the molecule is CC(C)C(C)NC(=O)CCSCc1nc2sc3c(c2c(=O)[nH]1)CCC3. The average Bonchev–Trinajstić information content (AvgIpc) is 3.11.